The van der Waals surface area contributed by atoms with Gasteiger partial charge in [-0.15, -0.1) is 0 Å². The van der Waals surface area contributed by atoms with Crippen molar-refractivity contribution in [1.82, 2.24) is 0 Å². The number of hydrogen-bond acceptors (Lipinski definition) is 1. The van der Waals surface area contributed by atoms with E-state index in [1.807, 2.05) is 7.11 Å². The molecule has 2 aliphatic rings. The quantitative estimate of drug-likeness (QED) is 0.730. The fourth-order valence-corrected chi connectivity index (χ4v) is 7.01. The summed E-state index contributed by atoms with van der Waals surface area (Å²) in [5.41, 5.74) is 2.57. The Morgan fingerprint density at radius 2 is 2.18 bits per heavy atom. The molecule has 0 amide bonds. The van der Waals surface area contributed by atoms with Gasteiger partial charge in [-0.3, -0.25) is 0 Å². The summed E-state index contributed by atoms with van der Waals surface area (Å²) < 4.78 is 5.43. The highest BCUT2D eigenvalue weighted by molar-refractivity contribution is 7.66. The molecule has 0 aromatic heterocycles. The molecule has 1 unspecified atom stereocenters. The second-order valence-corrected chi connectivity index (χ2v) is 7.82. The number of fused-ring (bicyclic) bond motifs is 3. The number of rotatable bonds is 2. The maximum atomic E-state index is 5.43. The third-order valence-corrected chi connectivity index (χ3v) is 7.64. The lowest BCUT2D eigenvalue weighted by molar-refractivity contribution is 0.141. The molecule has 3 atom stereocenters. The topological polar surface area (TPSA) is 9.23 Å². The summed E-state index contributed by atoms with van der Waals surface area (Å²) in [4.78, 5) is 0. The van der Waals surface area contributed by atoms with Gasteiger partial charge in [0.25, 0.3) is 0 Å². The predicted octanol–water partition coefficient (Wildman–Crippen LogP) is 3.17. The van der Waals surface area contributed by atoms with Crippen LogP contribution < -0.4 is 5.30 Å². The van der Waals surface area contributed by atoms with Crippen molar-refractivity contribution in [2.24, 2.45) is 5.92 Å². The van der Waals surface area contributed by atoms with Crippen LogP contribution in [-0.2, 0) is 11.2 Å². The summed E-state index contributed by atoms with van der Waals surface area (Å²) in [5, 5.41) is 1.71. The van der Waals surface area contributed by atoms with Crippen molar-refractivity contribution < 1.29 is 4.74 Å². The molecule has 0 radical (unpaired) electrons. The lowest BCUT2D eigenvalue weighted by atomic mass is 9.94. The lowest BCUT2D eigenvalue weighted by Crippen LogP contribution is -2.36. The van der Waals surface area contributed by atoms with Gasteiger partial charge in [-0.25, -0.2) is 0 Å². The van der Waals surface area contributed by atoms with Crippen molar-refractivity contribution in [2.45, 2.75) is 31.3 Å². The molecule has 1 fully saturated rings. The molecule has 1 aromatic carbocycles. The predicted molar refractivity (Wildman–Crippen MR) is 74.6 cm³/mol. The smallest absolute Gasteiger partial charge is 0.0496 e. The van der Waals surface area contributed by atoms with Crippen LogP contribution in [0.2, 0.25) is 0 Å². The van der Waals surface area contributed by atoms with E-state index in [4.69, 9.17) is 4.74 Å². The van der Waals surface area contributed by atoms with Crippen molar-refractivity contribution in [2.75, 3.05) is 19.9 Å². The molecule has 2 aliphatic heterocycles. The number of ether oxygens (including phenoxy) is 1. The normalized spacial score (nSPS) is 31.7. The van der Waals surface area contributed by atoms with E-state index in [1.165, 1.54) is 31.8 Å². The van der Waals surface area contributed by atoms with Crippen LogP contribution in [0.25, 0.3) is 0 Å². The van der Waals surface area contributed by atoms with Gasteiger partial charge in [-0.1, -0.05) is 32.2 Å². The van der Waals surface area contributed by atoms with E-state index in [0.29, 0.717) is 0 Å². The minimum Gasteiger partial charge on any atom is -0.384 e. The molecule has 1 saturated heterocycles. The van der Waals surface area contributed by atoms with E-state index in [9.17, 15) is 0 Å². The Kier molecular flexibility index (Phi) is 3.49. The van der Waals surface area contributed by atoms with Crippen LogP contribution in [0.5, 0.6) is 0 Å². The van der Waals surface area contributed by atoms with Gasteiger partial charge in [0.05, 0.1) is 0 Å². The molecule has 0 aliphatic carbocycles. The first-order chi connectivity index (χ1) is 8.40. The Labute approximate surface area is 105 Å². The molecular formula is C15H21OP. The van der Waals surface area contributed by atoms with Crippen LogP contribution >= 0.6 is 7.92 Å². The summed E-state index contributed by atoms with van der Waals surface area (Å²) in [6, 6.07) is 9.16. The van der Waals surface area contributed by atoms with Gasteiger partial charge < -0.3 is 4.74 Å². The maximum absolute atomic E-state index is 5.43. The van der Waals surface area contributed by atoms with Crippen LogP contribution in [0.15, 0.2) is 24.3 Å². The van der Waals surface area contributed by atoms with E-state index < -0.39 is 0 Å². The number of benzene rings is 1. The van der Waals surface area contributed by atoms with Crippen LogP contribution in [0.3, 0.4) is 0 Å². The molecule has 1 nitrogen and oxygen atoms in total. The Morgan fingerprint density at radius 1 is 1.29 bits per heavy atom. The zero-order valence-corrected chi connectivity index (χ0v) is 11.5. The van der Waals surface area contributed by atoms with E-state index in [2.05, 4.69) is 24.3 Å². The summed E-state index contributed by atoms with van der Waals surface area (Å²) in [6.45, 7) is 0.978. The van der Waals surface area contributed by atoms with Gasteiger partial charge in [0.15, 0.2) is 0 Å². The highest BCUT2D eigenvalue weighted by atomic mass is 31.1. The SMILES string of the molecule is COC[C@H]1CCCP2c3ccccc3CC[C@H]12. The highest BCUT2D eigenvalue weighted by Crippen LogP contribution is 2.54. The van der Waals surface area contributed by atoms with Gasteiger partial charge in [-0.2, -0.15) is 0 Å². The second kappa shape index (κ2) is 5.08. The lowest BCUT2D eigenvalue weighted by Gasteiger charge is -2.42. The van der Waals surface area contributed by atoms with Crippen molar-refractivity contribution in [1.29, 1.82) is 0 Å². The van der Waals surface area contributed by atoms with Crippen molar-refractivity contribution in [3.8, 4) is 0 Å². The van der Waals surface area contributed by atoms with Gasteiger partial charge >= 0.3 is 0 Å². The van der Waals surface area contributed by atoms with Crippen LogP contribution in [0, 0.1) is 5.92 Å². The molecule has 3 rings (SSSR count). The maximum Gasteiger partial charge on any atom is 0.0496 e. The van der Waals surface area contributed by atoms with E-state index in [-0.39, 0.29) is 7.92 Å². The third kappa shape index (κ3) is 2.16. The highest BCUT2D eigenvalue weighted by Gasteiger charge is 2.36. The zero-order chi connectivity index (χ0) is 11.7. The van der Waals surface area contributed by atoms with E-state index in [0.717, 1.165) is 18.2 Å². The minimum absolute atomic E-state index is 0.107. The first-order valence-corrected chi connectivity index (χ1v) is 8.33. The standard InChI is InChI=1S/C15H21OP/c1-16-11-13-6-4-10-17-14-7-3-2-5-12(14)8-9-15(13)17/h2-3,5,7,13,15H,4,6,8-11H2,1H3/t13-,15-,17?/m1/s1. The molecule has 2 heteroatoms. The summed E-state index contributed by atoms with van der Waals surface area (Å²) in [7, 11) is 1.96. The van der Waals surface area contributed by atoms with Crippen LogP contribution in [0.1, 0.15) is 24.8 Å². The first-order valence-electron chi connectivity index (χ1n) is 6.73. The average Bonchev–Trinajstić information content (AvgIpc) is 2.39. The first kappa shape index (κ1) is 11.7. The zero-order valence-electron chi connectivity index (χ0n) is 10.6. The Morgan fingerprint density at radius 3 is 3.06 bits per heavy atom. The molecule has 0 spiro atoms. The fourth-order valence-electron chi connectivity index (χ4n) is 3.54. The Balaban J connectivity index is 1.88. The second-order valence-electron chi connectivity index (χ2n) is 5.29. The Hall–Kier alpha value is -0.390. The number of aryl methyl sites for hydroxylation is 1. The summed E-state index contributed by atoms with van der Waals surface area (Å²) >= 11 is 0. The monoisotopic (exact) mass is 248 g/mol. The molecule has 2 heterocycles. The molecule has 17 heavy (non-hydrogen) atoms. The molecule has 1 aromatic rings. The van der Waals surface area contributed by atoms with Crippen molar-refractivity contribution >= 4 is 13.2 Å². The molecule has 0 bridgehead atoms. The third-order valence-electron chi connectivity index (χ3n) is 4.31. The number of hydrogen-bond donors (Lipinski definition) is 0. The van der Waals surface area contributed by atoms with Crippen LogP contribution in [-0.4, -0.2) is 25.5 Å². The minimum atomic E-state index is 0.107. The molecule has 0 saturated carbocycles. The van der Waals surface area contributed by atoms with Gasteiger partial charge in [0, 0.05) is 13.7 Å². The Bertz CT molecular complexity index is 388. The summed E-state index contributed by atoms with van der Waals surface area (Å²) in [5.74, 6) is 0.827. The van der Waals surface area contributed by atoms with Gasteiger partial charge in [0.2, 0.25) is 0 Å². The van der Waals surface area contributed by atoms with E-state index in [1.54, 1.807) is 10.9 Å². The van der Waals surface area contributed by atoms with Gasteiger partial charge in [-0.05, 0) is 54.3 Å². The summed E-state index contributed by atoms with van der Waals surface area (Å²) in [6.07, 6.45) is 6.94. The molecular weight excluding hydrogens is 227 g/mol. The molecule has 92 valence electrons. The molecule has 0 N–H and O–H groups in total. The fraction of sp³-hybridized carbons (Fsp3) is 0.600. The average molecular weight is 248 g/mol. The number of methoxy groups -OCH3 is 1. The van der Waals surface area contributed by atoms with E-state index >= 15 is 0 Å². The van der Waals surface area contributed by atoms with Crippen molar-refractivity contribution in [3.05, 3.63) is 29.8 Å². The van der Waals surface area contributed by atoms with Crippen molar-refractivity contribution in [3.63, 3.8) is 0 Å². The van der Waals surface area contributed by atoms with Crippen LogP contribution in [0.4, 0.5) is 0 Å². The largest absolute Gasteiger partial charge is 0.384 e. The van der Waals surface area contributed by atoms with Gasteiger partial charge in [0.1, 0.15) is 0 Å².